The summed E-state index contributed by atoms with van der Waals surface area (Å²) in [7, 11) is 1.52. The first-order valence-corrected chi connectivity index (χ1v) is 7.41. The van der Waals surface area contributed by atoms with E-state index in [0.717, 1.165) is 4.68 Å². The highest BCUT2D eigenvalue weighted by Crippen LogP contribution is 2.43. The lowest BCUT2D eigenvalue weighted by molar-refractivity contribution is -0.104. The zero-order chi connectivity index (χ0) is 17.5. The monoisotopic (exact) mass is 361 g/mol. The Morgan fingerprint density at radius 1 is 1.36 bits per heavy atom. The van der Waals surface area contributed by atoms with Crippen molar-refractivity contribution in [1.82, 2.24) is 9.78 Å². The van der Waals surface area contributed by atoms with E-state index in [1.165, 1.54) is 19.2 Å². The molecule has 2 aromatic rings. The number of aliphatic hydroxyl groups excluding tert-OH is 1. The number of ether oxygens (including phenoxy) is 2. The number of hydrogen-bond donors (Lipinski definition) is 1. The van der Waals surface area contributed by atoms with Gasteiger partial charge in [0.1, 0.15) is 17.5 Å². The summed E-state index contributed by atoms with van der Waals surface area (Å²) in [5.41, 5.74) is -0.138. The van der Waals surface area contributed by atoms with Crippen molar-refractivity contribution in [2.24, 2.45) is 7.05 Å². The van der Waals surface area contributed by atoms with Crippen LogP contribution in [0.5, 0.6) is 11.6 Å². The fourth-order valence-corrected chi connectivity index (χ4v) is 2.60. The van der Waals surface area contributed by atoms with Gasteiger partial charge in [0.2, 0.25) is 5.88 Å². The number of aliphatic hydroxyl groups is 1. The molecule has 1 aromatic carbocycles. The van der Waals surface area contributed by atoms with Gasteiger partial charge in [0.15, 0.2) is 11.8 Å². The van der Waals surface area contributed by atoms with Crippen LogP contribution >= 0.6 is 13.5 Å². The Bertz CT molecular complexity index is 888. The summed E-state index contributed by atoms with van der Waals surface area (Å²) in [6.07, 6.45) is -1.75. The van der Waals surface area contributed by atoms with Crippen LogP contribution < -0.4 is 15.0 Å². The highest BCUT2D eigenvalue weighted by molar-refractivity contribution is 7.59. The first kappa shape index (κ1) is 18.8. The molecule has 0 bridgehead atoms. The molecule has 1 aliphatic heterocycles. The summed E-state index contributed by atoms with van der Waals surface area (Å²) >= 11 is 0. The lowest BCUT2D eigenvalue weighted by Gasteiger charge is -2.41. The lowest BCUT2D eigenvalue weighted by atomic mass is 9.88. The predicted molar refractivity (Wildman–Crippen MR) is 96.6 cm³/mol. The average Bonchev–Trinajstić information content (AvgIpc) is 2.54. The van der Waals surface area contributed by atoms with E-state index in [0.29, 0.717) is 17.0 Å². The maximum absolute atomic E-state index is 11.5. The number of nitrogens with zero attached hydrogens (tertiary/aromatic N) is 3. The molecule has 7 nitrogen and oxygen atoms in total. The van der Waals surface area contributed by atoms with E-state index in [-0.39, 0.29) is 24.9 Å². The van der Waals surface area contributed by atoms with Crippen LogP contribution in [-0.4, -0.2) is 26.6 Å². The normalized spacial score (nSPS) is 20.4. The van der Waals surface area contributed by atoms with E-state index >= 15 is 0 Å². The zero-order valence-corrected chi connectivity index (χ0v) is 15.1. The summed E-state index contributed by atoms with van der Waals surface area (Å²) in [5, 5.41) is 14.7. The van der Waals surface area contributed by atoms with Crippen LogP contribution in [0.3, 0.4) is 0 Å². The number of benzene rings is 1. The molecule has 8 heteroatoms. The highest BCUT2D eigenvalue weighted by atomic mass is 32.1. The Labute approximate surface area is 152 Å². The summed E-state index contributed by atoms with van der Waals surface area (Å²) < 4.78 is 12.8. The maximum Gasteiger partial charge on any atom is 0.266 e. The molecule has 25 heavy (non-hydrogen) atoms. The largest absolute Gasteiger partial charge is 0.485 e. The van der Waals surface area contributed by atoms with Crippen molar-refractivity contribution < 1.29 is 14.6 Å². The van der Waals surface area contributed by atoms with E-state index in [9.17, 15) is 9.90 Å². The van der Waals surface area contributed by atoms with Crippen LogP contribution in [0.2, 0.25) is 0 Å². The second-order valence-corrected chi connectivity index (χ2v) is 6.16. The van der Waals surface area contributed by atoms with Crippen LogP contribution in [-0.2, 0) is 7.05 Å². The van der Waals surface area contributed by atoms with Crippen LogP contribution in [0.25, 0.3) is 4.85 Å². The number of fused-ring (bicyclic) bond motifs is 1. The standard InChI is InChI=1S/C17H17N3O4.H2S/c1-17(2)16(22)15(23-13-7-8-14(21)20(4)19-13)11-9-10(18-3)5-6-12(11)24-17;/h5-9,15-16,22H,1-2,4H3;1H2/t15-,16+;/m0./s1. The molecule has 0 saturated carbocycles. The molecule has 1 aliphatic rings. The SMILES string of the molecule is S.[C-]#[N+]c1ccc2c(c1)[C@H](Oc1ccc(=O)n(C)n1)[C@@H](O)C(C)(C)O2. The first-order chi connectivity index (χ1) is 11.3. The second kappa shape index (κ2) is 6.78. The Hall–Kier alpha value is -2.50. The summed E-state index contributed by atoms with van der Waals surface area (Å²) in [6, 6.07) is 7.78. The third kappa shape index (κ3) is 3.48. The van der Waals surface area contributed by atoms with Gasteiger partial charge in [0.05, 0.1) is 6.57 Å². The second-order valence-electron chi connectivity index (χ2n) is 6.16. The van der Waals surface area contributed by atoms with E-state index in [4.69, 9.17) is 16.0 Å². The summed E-state index contributed by atoms with van der Waals surface area (Å²) in [6.45, 7) is 10.7. The van der Waals surface area contributed by atoms with E-state index in [1.807, 2.05) is 0 Å². The summed E-state index contributed by atoms with van der Waals surface area (Å²) in [4.78, 5) is 14.9. The molecule has 1 aromatic heterocycles. The molecule has 0 fully saturated rings. The Morgan fingerprint density at radius 2 is 2.08 bits per heavy atom. The van der Waals surface area contributed by atoms with Crippen molar-refractivity contribution in [3.63, 3.8) is 0 Å². The molecular formula is C17H19N3O4S. The van der Waals surface area contributed by atoms with Gasteiger partial charge in [-0.15, -0.1) is 5.10 Å². The van der Waals surface area contributed by atoms with Crippen molar-refractivity contribution in [1.29, 1.82) is 0 Å². The zero-order valence-electron chi connectivity index (χ0n) is 14.1. The Kier molecular flexibility index (Phi) is 5.11. The van der Waals surface area contributed by atoms with E-state index in [2.05, 4.69) is 9.94 Å². The van der Waals surface area contributed by atoms with Crippen molar-refractivity contribution in [2.45, 2.75) is 31.7 Å². The number of aryl methyl sites for hydroxylation is 1. The van der Waals surface area contributed by atoms with Gasteiger partial charge in [0, 0.05) is 24.7 Å². The molecule has 2 heterocycles. The fourth-order valence-electron chi connectivity index (χ4n) is 2.60. The van der Waals surface area contributed by atoms with Gasteiger partial charge in [-0.25, -0.2) is 9.53 Å². The van der Waals surface area contributed by atoms with Crippen molar-refractivity contribution in [3.05, 3.63) is 57.7 Å². The van der Waals surface area contributed by atoms with E-state index in [1.54, 1.807) is 32.0 Å². The molecule has 132 valence electrons. The molecule has 2 atom stereocenters. The average molecular weight is 361 g/mol. The third-order valence-electron chi connectivity index (χ3n) is 3.98. The van der Waals surface area contributed by atoms with Gasteiger partial charge in [-0.1, -0.05) is 6.07 Å². The molecule has 3 rings (SSSR count). The molecule has 1 N–H and O–H groups in total. The minimum Gasteiger partial charge on any atom is -0.485 e. The van der Waals surface area contributed by atoms with Crippen LogP contribution in [0.4, 0.5) is 5.69 Å². The quantitative estimate of drug-likeness (QED) is 0.829. The van der Waals surface area contributed by atoms with Crippen molar-refractivity contribution in [2.75, 3.05) is 0 Å². The first-order valence-electron chi connectivity index (χ1n) is 7.41. The van der Waals surface area contributed by atoms with Crippen molar-refractivity contribution >= 4 is 19.2 Å². The summed E-state index contributed by atoms with van der Waals surface area (Å²) in [5.74, 6) is 0.755. The number of rotatable bonds is 2. The molecule has 0 spiro atoms. The van der Waals surface area contributed by atoms with Crippen LogP contribution in [0, 0.1) is 6.57 Å². The van der Waals surface area contributed by atoms with E-state index < -0.39 is 17.8 Å². The fraction of sp³-hybridized carbons (Fsp3) is 0.353. The maximum atomic E-state index is 11.5. The van der Waals surface area contributed by atoms with Gasteiger partial charge in [-0.2, -0.15) is 13.5 Å². The highest BCUT2D eigenvalue weighted by Gasteiger charge is 2.44. The lowest BCUT2D eigenvalue weighted by Crippen LogP contribution is -2.50. The van der Waals surface area contributed by atoms with Gasteiger partial charge in [-0.3, -0.25) is 4.79 Å². The molecule has 0 amide bonds. The predicted octanol–water partition coefficient (Wildman–Crippen LogP) is 2.10. The van der Waals surface area contributed by atoms with Crippen LogP contribution in [0.15, 0.2) is 35.1 Å². The molecular weight excluding hydrogens is 342 g/mol. The number of aromatic nitrogens is 2. The molecule has 0 unspecified atom stereocenters. The third-order valence-corrected chi connectivity index (χ3v) is 3.98. The van der Waals surface area contributed by atoms with Gasteiger partial charge in [0.25, 0.3) is 5.56 Å². The topological polar surface area (TPSA) is 77.9 Å². The smallest absolute Gasteiger partial charge is 0.266 e. The van der Waals surface area contributed by atoms with Gasteiger partial charge < -0.3 is 14.6 Å². The number of hydrogen-bond acceptors (Lipinski definition) is 5. The van der Waals surface area contributed by atoms with Crippen molar-refractivity contribution in [3.8, 4) is 11.6 Å². The van der Waals surface area contributed by atoms with Gasteiger partial charge in [-0.05, 0) is 26.0 Å². The Balaban J connectivity index is 0.00000225. The molecule has 0 aliphatic carbocycles. The molecule has 0 saturated heterocycles. The molecule has 0 radical (unpaired) electrons. The minimum absolute atomic E-state index is 0. The van der Waals surface area contributed by atoms with Crippen LogP contribution in [0.1, 0.15) is 25.5 Å². The minimum atomic E-state index is -0.981. The Morgan fingerprint density at radius 3 is 2.72 bits per heavy atom. The van der Waals surface area contributed by atoms with Gasteiger partial charge >= 0.3 is 0 Å².